The molecular formula is C16H17ClN2O2S. The van der Waals surface area contributed by atoms with Crippen molar-refractivity contribution in [2.45, 2.75) is 6.92 Å². The van der Waals surface area contributed by atoms with E-state index in [1.54, 1.807) is 20.3 Å². The second kappa shape index (κ2) is 7.33. The van der Waals surface area contributed by atoms with Crippen molar-refractivity contribution in [3.05, 3.63) is 47.0 Å². The summed E-state index contributed by atoms with van der Waals surface area (Å²) in [5.41, 5.74) is 2.57. The smallest absolute Gasteiger partial charge is 0.175 e. The molecule has 0 saturated carbocycles. The normalized spacial score (nSPS) is 10.0. The van der Waals surface area contributed by atoms with Gasteiger partial charge in [-0.05, 0) is 36.8 Å². The van der Waals surface area contributed by atoms with Gasteiger partial charge in [0.15, 0.2) is 5.11 Å². The molecule has 116 valence electrons. The van der Waals surface area contributed by atoms with Crippen LogP contribution in [0.5, 0.6) is 11.5 Å². The van der Waals surface area contributed by atoms with E-state index in [0.717, 1.165) is 16.9 Å². The van der Waals surface area contributed by atoms with Gasteiger partial charge in [-0.2, -0.15) is 0 Å². The van der Waals surface area contributed by atoms with Crippen LogP contribution in [0.3, 0.4) is 0 Å². The minimum Gasteiger partial charge on any atom is -0.497 e. The number of anilines is 2. The van der Waals surface area contributed by atoms with Gasteiger partial charge >= 0.3 is 0 Å². The Balaban J connectivity index is 2.13. The fourth-order valence-corrected chi connectivity index (χ4v) is 2.31. The maximum Gasteiger partial charge on any atom is 0.175 e. The number of nitrogens with one attached hydrogen (secondary N) is 2. The van der Waals surface area contributed by atoms with Crippen molar-refractivity contribution < 1.29 is 9.47 Å². The summed E-state index contributed by atoms with van der Waals surface area (Å²) in [6.07, 6.45) is 0. The minimum absolute atomic E-state index is 0.459. The Bertz CT molecular complexity index is 670. The molecule has 0 aromatic heterocycles. The highest BCUT2D eigenvalue weighted by molar-refractivity contribution is 7.80. The summed E-state index contributed by atoms with van der Waals surface area (Å²) in [6.45, 7) is 1.93. The topological polar surface area (TPSA) is 42.5 Å². The molecule has 4 nitrogen and oxygen atoms in total. The first-order chi connectivity index (χ1) is 10.5. The van der Waals surface area contributed by atoms with E-state index in [-0.39, 0.29) is 0 Å². The highest BCUT2D eigenvalue weighted by Crippen LogP contribution is 2.26. The Morgan fingerprint density at radius 3 is 2.27 bits per heavy atom. The van der Waals surface area contributed by atoms with Crippen LogP contribution in [0.15, 0.2) is 36.4 Å². The number of hydrogen-bond acceptors (Lipinski definition) is 3. The summed E-state index contributed by atoms with van der Waals surface area (Å²) in [5.74, 6) is 1.37. The Morgan fingerprint density at radius 1 is 1.05 bits per heavy atom. The van der Waals surface area contributed by atoms with Crippen LogP contribution in [-0.4, -0.2) is 19.3 Å². The number of thiocarbonyl (C=S) groups is 1. The van der Waals surface area contributed by atoms with Gasteiger partial charge < -0.3 is 20.1 Å². The molecule has 0 bridgehead atoms. The molecule has 0 aliphatic rings. The lowest BCUT2D eigenvalue weighted by atomic mass is 10.2. The molecule has 0 radical (unpaired) electrons. The third-order valence-corrected chi connectivity index (χ3v) is 3.74. The van der Waals surface area contributed by atoms with E-state index in [4.69, 9.17) is 33.3 Å². The van der Waals surface area contributed by atoms with Crippen molar-refractivity contribution in [2.24, 2.45) is 0 Å². The molecule has 2 aromatic carbocycles. The standard InChI is InChI=1S/C16H17ClN2O2S/c1-10-14(17)5-4-6-15(10)19-16(22)18-11-7-12(20-2)9-13(8-11)21-3/h4-9H,1-3H3,(H2,18,19,22). The van der Waals surface area contributed by atoms with Crippen LogP contribution in [0.4, 0.5) is 11.4 Å². The van der Waals surface area contributed by atoms with E-state index in [1.165, 1.54) is 0 Å². The molecule has 6 heteroatoms. The number of halogens is 1. The van der Waals surface area contributed by atoms with Crippen LogP contribution in [0.25, 0.3) is 0 Å². The molecule has 0 heterocycles. The number of benzene rings is 2. The highest BCUT2D eigenvalue weighted by atomic mass is 35.5. The lowest BCUT2D eigenvalue weighted by Gasteiger charge is -2.14. The first kappa shape index (κ1) is 16.4. The molecule has 2 aromatic rings. The van der Waals surface area contributed by atoms with Crippen LogP contribution in [0, 0.1) is 6.92 Å². The predicted molar refractivity (Wildman–Crippen MR) is 95.6 cm³/mol. The van der Waals surface area contributed by atoms with Gasteiger partial charge in [-0.3, -0.25) is 0 Å². The van der Waals surface area contributed by atoms with Crippen LogP contribution < -0.4 is 20.1 Å². The largest absolute Gasteiger partial charge is 0.497 e. The Hall–Kier alpha value is -1.98. The molecule has 0 aliphatic heterocycles. The van der Waals surface area contributed by atoms with E-state index in [9.17, 15) is 0 Å². The second-order valence-corrected chi connectivity index (χ2v) is 5.41. The van der Waals surface area contributed by atoms with E-state index in [2.05, 4.69) is 10.6 Å². The van der Waals surface area contributed by atoms with Crippen LogP contribution in [0.2, 0.25) is 5.02 Å². The van der Waals surface area contributed by atoms with Gasteiger partial charge in [0.2, 0.25) is 0 Å². The average Bonchev–Trinajstić information content (AvgIpc) is 2.51. The van der Waals surface area contributed by atoms with Crippen LogP contribution in [0.1, 0.15) is 5.56 Å². The fraction of sp³-hybridized carbons (Fsp3) is 0.188. The molecule has 0 aliphatic carbocycles. The fourth-order valence-electron chi connectivity index (χ4n) is 1.91. The second-order valence-electron chi connectivity index (χ2n) is 4.59. The van der Waals surface area contributed by atoms with Gasteiger partial charge in [0.05, 0.1) is 14.2 Å². The van der Waals surface area contributed by atoms with Crippen LogP contribution in [-0.2, 0) is 0 Å². The van der Waals surface area contributed by atoms with E-state index in [1.807, 2.05) is 37.3 Å². The van der Waals surface area contributed by atoms with Crippen molar-refractivity contribution >= 4 is 40.3 Å². The van der Waals surface area contributed by atoms with Gasteiger partial charge in [0, 0.05) is 34.6 Å². The minimum atomic E-state index is 0.459. The van der Waals surface area contributed by atoms with Crippen molar-refractivity contribution in [3.8, 4) is 11.5 Å². The maximum atomic E-state index is 6.10. The van der Waals surface area contributed by atoms with Crippen molar-refractivity contribution in [3.63, 3.8) is 0 Å². The van der Waals surface area contributed by atoms with E-state index in [0.29, 0.717) is 21.6 Å². The maximum absolute atomic E-state index is 6.10. The number of hydrogen-bond donors (Lipinski definition) is 2. The molecule has 2 N–H and O–H groups in total. The van der Waals surface area contributed by atoms with Crippen molar-refractivity contribution in [1.29, 1.82) is 0 Å². The number of rotatable bonds is 4. The van der Waals surface area contributed by atoms with Gasteiger partial charge in [0.25, 0.3) is 0 Å². The quantitative estimate of drug-likeness (QED) is 0.806. The summed E-state index contributed by atoms with van der Waals surface area (Å²) in [7, 11) is 3.20. The third-order valence-electron chi connectivity index (χ3n) is 3.13. The molecule has 0 fully saturated rings. The first-order valence-corrected chi connectivity index (χ1v) is 7.38. The third kappa shape index (κ3) is 4.02. The van der Waals surface area contributed by atoms with Gasteiger partial charge in [-0.25, -0.2) is 0 Å². The monoisotopic (exact) mass is 336 g/mol. The van der Waals surface area contributed by atoms with E-state index >= 15 is 0 Å². The molecule has 0 unspecified atom stereocenters. The Kier molecular flexibility index (Phi) is 5.46. The summed E-state index contributed by atoms with van der Waals surface area (Å²) in [4.78, 5) is 0. The van der Waals surface area contributed by atoms with E-state index < -0.39 is 0 Å². The van der Waals surface area contributed by atoms with Gasteiger partial charge in [-0.15, -0.1) is 0 Å². The van der Waals surface area contributed by atoms with Crippen molar-refractivity contribution in [2.75, 3.05) is 24.9 Å². The molecule has 0 amide bonds. The molecule has 2 rings (SSSR count). The van der Waals surface area contributed by atoms with Crippen LogP contribution >= 0.6 is 23.8 Å². The zero-order chi connectivity index (χ0) is 16.1. The zero-order valence-corrected chi connectivity index (χ0v) is 14.1. The molecule has 0 saturated heterocycles. The number of methoxy groups -OCH3 is 2. The highest BCUT2D eigenvalue weighted by Gasteiger charge is 2.06. The molecular weight excluding hydrogens is 320 g/mol. The zero-order valence-electron chi connectivity index (χ0n) is 12.6. The first-order valence-electron chi connectivity index (χ1n) is 6.59. The van der Waals surface area contributed by atoms with Gasteiger partial charge in [-0.1, -0.05) is 17.7 Å². The SMILES string of the molecule is COc1cc(NC(=S)Nc2cccc(Cl)c2C)cc(OC)c1. The van der Waals surface area contributed by atoms with Gasteiger partial charge in [0.1, 0.15) is 11.5 Å². The summed E-state index contributed by atoms with van der Waals surface area (Å²) in [6, 6.07) is 11.1. The lowest BCUT2D eigenvalue weighted by molar-refractivity contribution is 0.395. The molecule has 0 spiro atoms. The lowest BCUT2D eigenvalue weighted by Crippen LogP contribution is -2.19. The predicted octanol–water partition coefficient (Wildman–Crippen LogP) is 4.47. The molecule has 22 heavy (non-hydrogen) atoms. The molecule has 0 atom stereocenters. The Morgan fingerprint density at radius 2 is 1.68 bits per heavy atom. The number of ether oxygens (including phenoxy) is 2. The summed E-state index contributed by atoms with van der Waals surface area (Å²) < 4.78 is 10.5. The van der Waals surface area contributed by atoms with Crippen molar-refractivity contribution in [1.82, 2.24) is 0 Å². The summed E-state index contributed by atoms with van der Waals surface area (Å²) >= 11 is 11.4. The Labute approximate surface area is 140 Å². The summed E-state index contributed by atoms with van der Waals surface area (Å²) in [5, 5.41) is 7.38. The average molecular weight is 337 g/mol.